The van der Waals surface area contributed by atoms with Crippen molar-refractivity contribution in [2.45, 2.75) is 62.7 Å². The van der Waals surface area contributed by atoms with Gasteiger partial charge in [-0.3, -0.25) is 0 Å². The molecule has 1 aromatic rings. The largest absolute Gasteiger partial charge is 0.491 e. The van der Waals surface area contributed by atoms with Crippen LogP contribution in [-0.4, -0.2) is 33.1 Å². The molecule has 2 fully saturated rings. The highest BCUT2D eigenvalue weighted by molar-refractivity contribution is 6.59. The first-order chi connectivity index (χ1) is 9.96. The molecular weight excluding hydrogens is 277 g/mol. The molecule has 0 amide bonds. The third kappa shape index (κ3) is 3.08. The summed E-state index contributed by atoms with van der Waals surface area (Å²) in [4.78, 5) is 8.52. The Hall–Kier alpha value is -1.08. The van der Waals surface area contributed by atoms with Crippen LogP contribution in [0.2, 0.25) is 0 Å². The molecule has 7 heteroatoms. The number of nitrogens with zero attached hydrogens (tertiary/aromatic N) is 2. The maximum Gasteiger partial charge on any atom is 0.491 e. The number of hydrogen-bond donors (Lipinski definition) is 2. The first-order valence-corrected chi connectivity index (χ1v) is 7.57. The fourth-order valence-electron chi connectivity index (χ4n) is 3.36. The average Bonchev–Trinajstić information content (AvgIpc) is 2.45. The Kier molecular flexibility index (Phi) is 3.97. The van der Waals surface area contributed by atoms with Crippen LogP contribution in [0.15, 0.2) is 6.20 Å². The molecule has 0 radical (unpaired) electrons. The predicted octanol–water partition coefficient (Wildman–Crippen LogP) is 1.72. The SMILES string of the molecule is OB(O)c1cnc(C2CC(F)(F)C2)nc1C1CCCCC1. The van der Waals surface area contributed by atoms with Gasteiger partial charge in [0.15, 0.2) is 0 Å². The van der Waals surface area contributed by atoms with E-state index in [1.165, 1.54) is 12.6 Å². The molecule has 0 unspecified atom stereocenters. The van der Waals surface area contributed by atoms with Crippen molar-refractivity contribution in [2.75, 3.05) is 0 Å². The molecule has 114 valence electrons. The number of rotatable bonds is 3. The normalized spacial score (nSPS) is 22.9. The summed E-state index contributed by atoms with van der Waals surface area (Å²) in [5, 5.41) is 18.9. The van der Waals surface area contributed by atoms with E-state index in [0.29, 0.717) is 17.0 Å². The molecule has 0 saturated heterocycles. The molecule has 3 rings (SSSR count). The van der Waals surface area contributed by atoms with E-state index in [1.807, 2.05) is 0 Å². The van der Waals surface area contributed by atoms with Gasteiger partial charge in [-0.15, -0.1) is 0 Å². The topological polar surface area (TPSA) is 66.2 Å². The Morgan fingerprint density at radius 3 is 2.33 bits per heavy atom. The van der Waals surface area contributed by atoms with E-state index in [1.54, 1.807) is 0 Å². The summed E-state index contributed by atoms with van der Waals surface area (Å²) < 4.78 is 26.0. The second-order valence-electron chi connectivity index (χ2n) is 6.24. The number of halogens is 2. The third-order valence-electron chi connectivity index (χ3n) is 4.59. The molecular formula is C14H19BF2N2O2. The van der Waals surface area contributed by atoms with Crippen molar-refractivity contribution in [3.63, 3.8) is 0 Å². The molecule has 2 aliphatic rings. The van der Waals surface area contributed by atoms with Crippen LogP contribution in [0.3, 0.4) is 0 Å². The molecule has 2 aliphatic carbocycles. The molecule has 1 heterocycles. The van der Waals surface area contributed by atoms with E-state index in [0.717, 1.165) is 25.7 Å². The smallest absolute Gasteiger partial charge is 0.423 e. The van der Waals surface area contributed by atoms with E-state index < -0.39 is 13.0 Å². The van der Waals surface area contributed by atoms with E-state index >= 15 is 0 Å². The fourth-order valence-corrected chi connectivity index (χ4v) is 3.36. The van der Waals surface area contributed by atoms with Gasteiger partial charge in [0.05, 0.1) is 0 Å². The van der Waals surface area contributed by atoms with E-state index in [9.17, 15) is 18.8 Å². The molecule has 4 nitrogen and oxygen atoms in total. The number of hydrogen-bond acceptors (Lipinski definition) is 4. The Morgan fingerprint density at radius 1 is 1.10 bits per heavy atom. The summed E-state index contributed by atoms with van der Waals surface area (Å²) in [7, 11) is -1.61. The van der Waals surface area contributed by atoms with Gasteiger partial charge >= 0.3 is 7.12 Å². The first-order valence-electron chi connectivity index (χ1n) is 7.57. The van der Waals surface area contributed by atoms with Crippen molar-refractivity contribution < 1.29 is 18.8 Å². The van der Waals surface area contributed by atoms with Crippen LogP contribution < -0.4 is 5.46 Å². The van der Waals surface area contributed by atoms with Gasteiger partial charge in [-0.1, -0.05) is 19.3 Å². The maximum absolute atomic E-state index is 13.0. The molecule has 0 atom stereocenters. The van der Waals surface area contributed by atoms with Crippen LogP contribution >= 0.6 is 0 Å². The Morgan fingerprint density at radius 2 is 1.76 bits per heavy atom. The number of aromatic nitrogens is 2. The highest BCUT2D eigenvalue weighted by Crippen LogP contribution is 2.47. The van der Waals surface area contributed by atoms with E-state index in [-0.39, 0.29) is 24.7 Å². The predicted molar refractivity (Wildman–Crippen MR) is 74.6 cm³/mol. The highest BCUT2D eigenvalue weighted by atomic mass is 19.3. The summed E-state index contributed by atoms with van der Waals surface area (Å²) in [6.07, 6.45) is 6.25. The standard InChI is InChI=1S/C14H19BF2N2O2/c16-14(17)6-10(7-14)13-18-8-11(15(20)21)12(19-13)9-4-2-1-3-5-9/h8-10,20-21H,1-7H2. The fraction of sp³-hybridized carbons (Fsp3) is 0.714. The van der Waals surface area contributed by atoms with Gasteiger partial charge in [0.1, 0.15) is 5.82 Å². The second kappa shape index (κ2) is 5.61. The summed E-state index contributed by atoms with van der Waals surface area (Å²) in [6, 6.07) is 0. The highest BCUT2D eigenvalue weighted by Gasteiger charge is 2.47. The lowest BCUT2D eigenvalue weighted by Gasteiger charge is -2.34. The Bertz CT molecular complexity index is 514. The lowest BCUT2D eigenvalue weighted by molar-refractivity contribution is -0.0885. The summed E-state index contributed by atoms with van der Waals surface area (Å²) in [6.45, 7) is 0. The van der Waals surface area contributed by atoms with Gasteiger partial charge in [0.25, 0.3) is 0 Å². The van der Waals surface area contributed by atoms with Crippen molar-refractivity contribution in [2.24, 2.45) is 0 Å². The molecule has 0 bridgehead atoms. The lowest BCUT2D eigenvalue weighted by Crippen LogP contribution is -2.39. The van der Waals surface area contributed by atoms with Crippen molar-refractivity contribution in [1.82, 2.24) is 9.97 Å². The van der Waals surface area contributed by atoms with Crippen LogP contribution in [-0.2, 0) is 0 Å². The van der Waals surface area contributed by atoms with Crippen LogP contribution in [0, 0.1) is 0 Å². The van der Waals surface area contributed by atoms with Gasteiger partial charge in [0, 0.05) is 42.0 Å². The Balaban J connectivity index is 1.87. The monoisotopic (exact) mass is 296 g/mol. The van der Waals surface area contributed by atoms with Gasteiger partial charge in [0.2, 0.25) is 5.92 Å². The minimum atomic E-state index is -2.60. The quantitative estimate of drug-likeness (QED) is 0.833. The Labute approximate surface area is 122 Å². The van der Waals surface area contributed by atoms with Gasteiger partial charge in [-0.05, 0) is 12.8 Å². The summed E-state index contributed by atoms with van der Waals surface area (Å²) >= 11 is 0. The van der Waals surface area contributed by atoms with Crippen LogP contribution in [0.4, 0.5) is 8.78 Å². The van der Waals surface area contributed by atoms with Gasteiger partial charge in [-0.2, -0.15) is 0 Å². The first kappa shape index (κ1) is 14.8. The van der Waals surface area contributed by atoms with Gasteiger partial charge in [-0.25, -0.2) is 18.7 Å². The van der Waals surface area contributed by atoms with Crippen LogP contribution in [0.25, 0.3) is 0 Å². The van der Waals surface area contributed by atoms with Crippen molar-refractivity contribution in [3.05, 3.63) is 17.7 Å². The van der Waals surface area contributed by atoms with E-state index in [2.05, 4.69) is 9.97 Å². The molecule has 0 spiro atoms. The zero-order chi connectivity index (χ0) is 15.0. The zero-order valence-electron chi connectivity index (χ0n) is 11.8. The lowest BCUT2D eigenvalue weighted by atomic mass is 9.73. The van der Waals surface area contributed by atoms with Crippen molar-refractivity contribution in [3.8, 4) is 0 Å². The number of alkyl halides is 2. The van der Waals surface area contributed by atoms with Crippen LogP contribution in [0.1, 0.15) is 68.3 Å². The van der Waals surface area contributed by atoms with Crippen molar-refractivity contribution >= 4 is 12.6 Å². The molecule has 2 N–H and O–H groups in total. The second-order valence-corrected chi connectivity index (χ2v) is 6.24. The van der Waals surface area contributed by atoms with Crippen LogP contribution in [0.5, 0.6) is 0 Å². The van der Waals surface area contributed by atoms with Crippen molar-refractivity contribution in [1.29, 1.82) is 0 Å². The van der Waals surface area contributed by atoms with E-state index in [4.69, 9.17) is 0 Å². The average molecular weight is 296 g/mol. The molecule has 2 saturated carbocycles. The molecule has 0 aromatic carbocycles. The molecule has 0 aliphatic heterocycles. The third-order valence-corrected chi connectivity index (χ3v) is 4.59. The summed E-state index contributed by atoms with van der Waals surface area (Å²) in [5.41, 5.74) is 0.960. The molecule has 1 aromatic heterocycles. The minimum Gasteiger partial charge on any atom is -0.423 e. The zero-order valence-corrected chi connectivity index (χ0v) is 11.8. The van der Waals surface area contributed by atoms with Gasteiger partial charge < -0.3 is 10.0 Å². The maximum atomic E-state index is 13.0. The minimum absolute atomic E-state index is 0.179. The summed E-state index contributed by atoms with van der Waals surface area (Å²) in [5.74, 6) is -2.32. The molecule has 21 heavy (non-hydrogen) atoms.